The summed E-state index contributed by atoms with van der Waals surface area (Å²) in [6, 6.07) is 6.00. The minimum atomic E-state index is 0.0464. The molecule has 1 aromatic rings. The summed E-state index contributed by atoms with van der Waals surface area (Å²) in [4.78, 5) is 0. The highest BCUT2D eigenvalue weighted by Crippen LogP contribution is 2.35. The first-order valence-corrected chi connectivity index (χ1v) is 7.29. The van der Waals surface area contributed by atoms with Gasteiger partial charge in [-0.3, -0.25) is 0 Å². The lowest BCUT2D eigenvalue weighted by Crippen LogP contribution is -2.47. The molecule has 4 heteroatoms. The smallest absolute Gasteiger partial charge is 0.165 e. The van der Waals surface area contributed by atoms with Crippen LogP contribution in [0, 0.1) is 0 Å². The molecule has 1 N–H and O–H groups in total. The molecule has 2 rings (SSSR count). The van der Waals surface area contributed by atoms with Gasteiger partial charge in [-0.05, 0) is 32.3 Å². The highest BCUT2D eigenvalue weighted by atomic mass is 16.5. The van der Waals surface area contributed by atoms with E-state index in [-0.39, 0.29) is 5.60 Å². The van der Waals surface area contributed by atoms with E-state index in [0.29, 0.717) is 6.61 Å². The van der Waals surface area contributed by atoms with Gasteiger partial charge in [0.15, 0.2) is 11.5 Å². The Morgan fingerprint density at radius 2 is 2.05 bits per heavy atom. The number of para-hydroxylation sites is 1. The molecule has 0 saturated heterocycles. The predicted molar refractivity (Wildman–Crippen MR) is 79.5 cm³/mol. The Morgan fingerprint density at radius 3 is 2.60 bits per heavy atom. The number of benzene rings is 1. The van der Waals surface area contributed by atoms with Crippen LogP contribution in [0.15, 0.2) is 18.2 Å². The fourth-order valence-corrected chi connectivity index (χ4v) is 2.65. The first-order valence-electron chi connectivity index (χ1n) is 7.29. The standard InChI is InChI=1S/C16H25NO3/c1-4-20-14-8-5-7-13(15(14)18-2)11-17-12-16(19-3)9-6-10-16/h5,7-8,17H,4,6,9-12H2,1-3H3. The van der Waals surface area contributed by atoms with E-state index in [0.717, 1.165) is 43.0 Å². The lowest BCUT2D eigenvalue weighted by Gasteiger charge is -2.40. The molecular formula is C16H25NO3. The first kappa shape index (κ1) is 15.1. The molecule has 4 nitrogen and oxygen atoms in total. The van der Waals surface area contributed by atoms with E-state index in [1.54, 1.807) is 14.2 Å². The Kier molecular flexibility index (Phi) is 5.26. The molecule has 20 heavy (non-hydrogen) atoms. The molecule has 1 aliphatic rings. The quantitative estimate of drug-likeness (QED) is 0.794. The molecule has 0 amide bonds. The normalized spacial score (nSPS) is 16.6. The Balaban J connectivity index is 1.96. The molecule has 1 aliphatic carbocycles. The Morgan fingerprint density at radius 1 is 1.25 bits per heavy atom. The molecular weight excluding hydrogens is 254 g/mol. The van der Waals surface area contributed by atoms with E-state index in [1.807, 2.05) is 19.1 Å². The SMILES string of the molecule is CCOc1cccc(CNCC2(OC)CCC2)c1OC. The van der Waals surface area contributed by atoms with Gasteiger partial charge in [-0.1, -0.05) is 12.1 Å². The van der Waals surface area contributed by atoms with Crippen LogP contribution in [0.25, 0.3) is 0 Å². The van der Waals surface area contributed by atoms with Gasteiger partial charge in [0.05, 0.1) is 19.3 Å². The second-order valence-corrected chi connectivity index (χ2v) is 5.23. The average molecular weight is 279 g/mol. The zero-order valence-electron chi connectivity index (χ0n) is 12.7. The van der Waals surface area contributed by atoms with Crippen LogP contribution in [0.1, 0.15) is 31.7 Å². The van der Waals surface area contributed by atoms with Gasteiger partial charge in [-0.2, -0.15) is 0 Å². The summed E-state index contributed by atoms with van der Waals surface area (Å²) < 4.78 is 16.7. The van der Waals surface area contributed by atoms with Crippen molar-refractivity contribution in [2.45, 2.75) is 38.3 Å². The summed E-state index contributed by atoms with van der Waals surface area (Å²) in [5.74, 6) is 1.63. The van der Waals surface area contributed by atoms with Gasteiger partial charge in [0.2, 0.25) is 0 Å². The monoisotopic (exact) mass is 279 g/mol. The summed E-state index contributed by atoms with van der Waals surface area (Å²) in [6.45, 7) is 4.25. The van der Waals surface area contributed by atoms with Crippen molar-refractivity contribution in [3.05, 3.63) is 23.8 Å². The van der Waals surface area contributed by atoms with Crippen LogP contribution < -0.4 is 14.8 Å². The average Bonchev–Trinajstić information content (AvgIpc) is 2.42. The maximum absolute atomic E-state index is 5.61. The third kappa shape index (κ3) is 3.25. The summed E-state index contributed by atoms with van der Waals surface area (Å²) >= 11 is 0. The van der Waals surface area contributed by atoms with E-state index in [2.05, 4.69) is 11.4 Å². The first-order chi connectivity index (χ1) is 9.74. The fraction of sp³-hybridized carbons (Fsp3) is 0.625. The topological polar surface area (TPSA) is 39.7 Å². The van der Waals surface area contributed by atoms with Crippen LogP contribution in [0.3, 0.4) is 0 Å². The summed E-state index contributed by atoms with van der Waals surface area (Å²) in [5.41, 5.74) is 1.16. The largest absolute Gasteiger partial charge is 0.493 e. The summed E-state index contributed by atoms with van der Waals surface area (Å²) in [6.07, 6.45) is 3.55. The molecule has 0 bridgehead atoms. The van der Waals surface area contributed by atoms with Gasteiger partial charge < -0.3 is 19.5 Å². The third-order valence-corrected chi connectivity index (χ3v) is 4.02. The van der Waals surface area contributed by atoms with E-state index in [9.17, 15) is 0 Å². The minimum absolute atomic E-state index is 0.0464. The fourth-order valence-electron chi connectivity index (χ4n) is 2.65. The lowest BCUT2D eigenvalue weighted by atomic mass is 9.80. The van der Waals surface area contributed by atoms with Gasteiger partial charge in [0, 0.05) is 25.8 Å². The van der Waals surface area contributed by atoms with Crippen LogP contribution >= 0.6 is 0 Å². The van der Waals surface area contributed by atoms with Crippen molar-refractivity contribution >= 4 is 0 Å². The van der Waals surface area contributed by atoms with Crippen molar-refractivity contribution in [2.24, 2.45) is 0 Å². The minimum Gasteiger partial charge on any atom is -0.493 e. The van der Waals surface area contributed by atoms with Crippen LogP contribution in [0.4, 0.5) is 0 Å². The molecule has 0 unspecified atom stereocenters. The molecule has 1 aromatic carbocycles. The number of ether oxygens (including phenoxy) is 3. The van der Waals surface area contributed by atoms with Gasteiger partial charge in [0.25, 0.3) is 0 Å². The number of hydrogen-bond donors (Lipinski definition) is 1. The molecule has 0 atom stereocenters. The number of hydrogen-bond acceptors (Lipinski definition) is 4. The zero-order chi connectivity index (χ0) is 14.4. The van der Waals surface area contributed by atoms with Crippen LogP contribution in [-0.2, 0) is 11.3 Å². The molecule has 112 valence electrons. The Bertz CT molecular complexity index is 424. The van der Waals surface area contributed by atoms with Crippen LogP contribution in [0.2, 0.25) is 0 Å². The maximum Gasteiger partial charge on any atom is 0.165 e. The maximum atomic E-state index is 5.61. The molecule has 0 heterocycles. The predicted octanol–water partition coefficient (Wildman–Crippen LogP) is 2.75. The van der Waals surface area contributed by atoms with Crippen molar-refractivity contribution in [2.75, 3.05) is 27.4 Å². The van der Waals surface area contributed by atoms with E-state index in [4.69, 9.17) is 14.2 Å². The zero-order valence-corrected chi connectivity index (χ0v) is 12.7. The van der Waals surface area contributed by atoms with Gasteiger partial charge in [-0.15, -0.1) is 0 Å². The van der Waals surface area contributed by atoms with E-state index < -0.39 is 0 Å². The highest BCUT2D eigenvalue weighted by Gasteiger charge is 2.36. The van der Waals surface area contributed by atoms with Gasteiger partial charge >= 0.3 is 0 Å². The van der Waals surface area contributed by atoms with Gasteiger partial charge in [0.1, 0.15) is 0 Å². The molecule has 1 fully saturated rings. The molecule has 0 radical (unpaired) electrons. The third-order valence-electron chi connectivity index (χ3n) is 4.02. The molecule has 1 saturated carbocycles. The van der Waals surface area contributed by atoms with Crippen molar-refractivity contribution in [1.82, 2.24) is 5.32 Å². The lowest BCUT2D eigenvalue weighted by molar-refractivity contribution is -0.0695. The van der Waals surface area contributed by atoms with E-state index in [1.165, 1.54) is 6.42 Å². The van der Waals surface area contributed by atoms with Crippen molar-refractivity contribution < 1.29 is 14.2 Å². The van der Waals surface area contributed by atoms with E-state index >= 15 is 0 Å². The summed E-state index contributed by atoms with van der Waals surface area (Å²) in [5, 5.41) is 3.48. The molecule has 0 spiro atoms. The Labute approximate surface area is 121 Å². The molecule has 0 aromatic heterocycles. The van der Waals surface area contributed by atoms with Crippen molar-refractivity contribution in [3.8, 4) is 11.5 Å². The van der Waals surface area contributed by atoms with Crippen LogP contribution in [0.5, 0.6) is 11.5 Å². The summed E-state index contributed by atoms with van der Waals surface area (Å²) in [7, 11) is 3.49. The highest BCUT2D eigenvalue weighted by molar-refractivity contribution is 5.46. The van der Waals surface area contributed by atoms with Crippen LogP contribution in [-0.4, -0.2) is 33.0 Å². The second kappa shape index (κ2) is 6.95. The van der Waals surface area contributed by atoms with Crippen molar-refractivity contribution in [1.29, 1.82) is 0 Å². The molecule has 0 aliphatic heterocycles. The number of nitrogens with one attached hydrogen (secondary N) is 1. The number of methoxy groups -OCH3 is 2. The van der Waals surface area contributed by atoms with Gasteiger partial charge in [-0.25, -0.2) is 0 Å². The van der Waals surface area contributed by atoms with Crippen molar-refractivity contribution in [3.63, 3.8) is 0 Å². The number of rotatable bonds is 8. The second-order valence-electron chi connectivity index (χ2n) is 5.23. The Hall–Kier alpha value is -1.26.